The number of benzene rings is 1. The number of ether oxygens (including phenoxy) is 2. The molecule has 0 aliphatic carbocycles. The summed E-state index contributed by atoms with van der Waals surface area (Å²) in [7, 11) is 0. The number of carbonyl (C=O) groups is 1. The lowest BCUT2D eigenvalue weighted by Gasteiger charge is -2.16. The highest BCUT2D eigenvalue weighted by molar-refractivity contribution is 8.01. The lowest BCUT2D eigenvalue weighted by Crippen LogP contribution is -2.28. The first-order chi connectivity index (χ1) is 9.44. The van der Waals surface area contributed by atoms with Gasteiger partial charge in [0.2, 0.25) is 12.7 Å². The number of fused-ring (bicyclic) bond motifs is 1. The zero-order chi connectivity index (χ0) is 14.6. The van der Waals surface area contributed by atoms with Crippen LogP contribution in [0.15, 0.2) is 18.2 Å². The summed E-state index contributed by atoms with van der Waals surface area (Å²) in [4.78, 5) is 11.7. The summed E-state index contributed by atoms with van der Waals surface area (Å²) in [6, 6.07) is 5.89. The van der Waals surface area contributed by atoms with Crippen LogP contribution in [0.25, 0.3) is 0 Å². The van der Waals surface area contributed by atoms with Crippen molar-refractivity contribution in [3.8, 4) is 11.5 Å². The monoisotopic (exact) mass is 295 g/mol. The predicted molar refractivity (Wildman–Crippen MR) is 81.5 cm³/mol. The fourth-order valence-corrected chi connectivity index (χ4v) is 2.44. The molecule has 1 heterocycles. The van der Waals surface area contributed by atoms with Gasteiger partial charge in [0.05, 0.1) is 5.75 Å². The minimum atomic E-state index is 0.0886. The third kappa shape index (κ3) is 4.63. The molecule has 0 spiro atoms. The van der Waals surface area contributed by atoms with E-state index in [0.717, 1.165) is 23.5 Å². The lowest BCUT2D eigenvalue weighted by molar-refractivity contribution is -0.118. The second kappa shape index (κ2) is 6.39. The van der Waals surface area contributed by atoms with Gasteiger partial charge in [0.25, 0.3) is 0 Å². The summed E-state index contributed by atoms with van der Waals surface area (Å²) in [6.07, 6.45) is 0.794. The fourth-order valence-electron chi connectivity index (χ4n) is 1.78. The van der Waals surface area contributed by atoms with E-state index in [-0.39, 0.29) is 10.7 Å². The summed E-state index contributed by atoms with van der Waals surface area (Å²) >= 11 is 1.66. The largest absolute Gasteiger partial charge is 0.454 e. The van der Waals surface area contributed by atoms with E-state index >= 15 is 0 Å². The van der Waals surface area contributed by atoms with Gasteiger partial charge < -0.3 is 14.8 Å². The Bertz CT molecular complexity index is 482. The van der Waals surface area contributed by atoms with Crippen molar-refractivity contribution in [2.45, 2.75) is 31.9 Å². The average molecular weight is 295 g/mol. The van der Waals surface area contributed by atoms with Crippen molar-refractivity contribution in [1.29, 1.82) is 0 Å². The van der Waals surface area contributed by atoms with Gasteiger partial charge in [-0.25, -0.2) is 0 Å². The molecule has 110 valence electrons. The number of nitrogens with one attached hydrogen (secondary N) is 1. The van der Waals surface area contributed by atoms with E-state index in [0.29, 0.717) is 19.1 Å². The normalized spacial score (nSPS) is 13.3. The van der Waals surface area contributed by atoms with E-state index in [4.69, 9.17) is 9.47 Å². The first-order valence-corrected chi connectivity index (χ1v) is 7.72. The van der Waals surface area contributed by atoms with Crippen LogP contribution in [0.3, 0.4) is 0 Å². The molecular formula is C15H21NO3S. The van der Waals surface area contributed by atoms with Gasteiger partial charge in [-0.3, -0.25) is 4.79 Å². The Kier molecular flexibility index (Phi) is 4.81. The Labute approximate surface area is 124 Å². The van der Waals surface area contributed by atoms with Gasteiger partial charge in [-0.1, -0.05) is 26.8 Å². The predicted octanol–water partition coefficient (Wildman–Crippen LogP) is 2.61. The van der Waals surface area contributed by atoms with Crippen LogP contribution in [0.4, 0.5) is 0 Å². The first-order valence-electron chi connectivity index (χ1n) is 6.73. The maximum absolute atomic E-state index is 11.7. The number of hydrogen-bond donors (Lipinski definition) is 1. The van der Waals surface area contributed by atoms with Crippen molar-refractivity contribution in [1.82, 2.24) is 5.32 Å². The molecule has 0 fully saturated rings. The third-order valence-electron chi connectivity index (χ3n) is 2.81. The fraction of sp³-hybridized carbons (Fsp3) is 0.533. The Hall–Kier alpha value is -1.36. The summed E-state index contributed by atoms with van der Waals surface area (Å²) in [5.74, 6) is 2.17. The van der Waals surface area contributed by atoms with Crippen LogP contribution in [0, 0.1) is 0 Å². The van der Waals surface area contributed by atoms with E-state index in [2.05, 4.69) is 26.1 Å². The molecule has 0 saturated carbocycles. The van der Waals surface area contributed by atoms with Crippen LogP contribution in [0.5, 0.6) is 11.5 Å². The molecule has 1 aliphatic heterocycles. The molecule has 1 N–H and O–H groups in total. The lowest BCUT2D eigenvalue weighted by atomic mass is 10.1. The summed E-state index contributed by atoms with van der Waals surface area (Å²) < 4.78 is 10.7. The molecule has 1 aromatic carbocycles. The minimum Gasteiger partial charge on any atom is -0.454 e. The van der Waals surface area contributed by atoms with Gasteiger partial charge in [0.1, 0.15) is 0 Å². The van der Waals surface area contributed by atoms with Gasteiger partial charge in [0, 0.05) is 11.3 Å². The first kappa shape index (κ1) is 15.0. The SMILES string of the molecule is CC(C)(C)SCC(=O)NCCc1ccc2c(c1)OCO2. The van der Waals surface area contributed by atoms with Gasteiger partial charge in [-0.05, 0) is 24.1 Å². The average Bonchev–Trinajstić information content (AvgIpc) is 2.83. The van der Waals surface area contributed by atoms with E-state index in [1.807, 2.05) is 18.2 Å². The molecule has 0 aromatic heterocycles. The van der Waals surface area contributed by atoms with E-state index in [9.17, 15) is 4.79 Å². The van der Waals surface area contributed by atoms with Crippen molar-refractivity contribution in [3.63, 3.8) is 0 Å². The molecule has 2 rings (SSSR count). The Balaban J connectivity index is 1.72. The number of rotatable bonds is 5. The number of carbonyl (C=O) groups excluding carboxylic acids is 1. The Morgan fingerprint density at radius 3 is 2.80 bits per heavy atom. The number of thioether (sulfide) groups is 1. The van der Waals surface area contributed by atoms with Gasteiger partial charge in [-0.15, -0.1) is 11.8 Å². The highest BCUT2D eigenvalue weighted by Crippen LogP contribution is 2.32. The quantitative estimate of drug-likeness (QED) is 0.907. The zero-order valence-electron chi connectivity index (χ0n) is 12.2. The molecule has 1 amide bonds. The molecule has 0 unspecified atom stereocenters. The van der Waals surface area contributed by atoms with Crippen molar-refractivity contribution >= 4 is 17.7 Å². The van der Waals surface area contributed by atoms with Crippen LogP contribution < -0.4 is 14.8 Å². The van der Waals surface area contributed by atoms with Gasteiger partial charge in [-0.2, -0.15) is 0 Å². The van der Waals surface area contributed by atoms with Crippen LogP contribution in [-0.4, -0.2) is 29.7 Å². The van der Waals surface area contributed by atoms with Crippen LogP contribution in [0.2, 0.25) is 0 Å². The smallest absolute Gasteiger partial charge is 0.231 e. The zero-order valence-corrected chi connectivity index (χ0v) is 13.0. The van der Waals surface area contributed by atoms with Crippen molar-refractivity contribution in [3.05, 3.63) is 23.8 Å². The molecular weight excluding hydrogens is 274 g/mol. The van der Waals surface area contributed by atoms with E-state index in [1.165, 1.54) is 0 Å². The van der Waals surface area contributed by atoms with Crippen LogP contribution in [0.1, 0.15) is 26.3 Å². The summed E-state index contributed by atoms with van der Waals surface area (Å²) in [6.45, 7) is 7.26. The summed E-state index contributed by atoms with van der Waals surface area (Å²) in [5.41, 5.74) is 1.14. The van der Waals surface area contributed by atoms with Crippen LogP contribution in [-0.2, 0) is 11.2 Å². The summed E-state index contributed by atoms with van der Waals surface area (Å²) in [5, 5.41) is 2.94. The molecule has 5 heteroatoms. The van der Waals surface area contributed by atoms with Gasteiger partial charge in [0.15, 0.2) is 11.5 Å². The number of amides is 1. The molecule has 1 aromatic rings. The topological polar surface area (TPSA) is 47.6 Å². The Morgan fingerprint density at radius 2 is 2.05 bits per heavy atom. The molecule has 1 aliphatic rings. The molecule has 4 nitrogen and oxygen atoms in total. The maximum atomic E-state index is 11.7. The second-order valence-corrected chi connectivity index (χ2v) is 7.49. The Morgan fingerprint density at radius 1 is 1.30 bits per heavy atom. The maximum Gasteiger partial charge on any atom is 0.231 e. The van der Waals surface area contributed by atoms with E-state index in [1.54, 1.807) is 11.8 Å². The van der Waals surface area contributed by atoms with E-state index < -0.39 is 0 Å². The van der Waals surface area contributed by atoms with Gasteiger partial charge >= 0.3 is 0 Å². The minimum absolute atomic E-state index is 0.0886. The van der Waals surface area contributed by atoms with Crippen molar-refractivity contribution in [2.24, 2.45) is 0 Å². The molecule has 0 atom stereocenters. The molecule has 20 heavy (non-hydrogen) atoms. The molecule has 0 radical (unpaired) electrons. The third-order valence-corrected chi connectivity index (χ3v) is 4.08. The van der Waals surface area contributed by atoms with Crippen LogP contribution >= 0.6 is 11.8 Å². The highest BCUT2D eigenvalue weighted by atomic mass is 32.2. The molecule has 0 bridgehead atoms. The second-order valence-electron chi connectivity index (χ2n) is 5.69. The van der Waals surface area contributed by atoms with Crippen molar-refractivity contribution < 1.29 is 14.3 Å². The number of hydrogen-bond acceptors (Lipinski definition) is 4. The van der Waals surface area contributed by atoms with Crippen molar-refractivity contribution in [2.75, 3.05) is 19.1 Å². The molecule has 0 saturated heterocycles. The highest BCUT2D eigenvalue weighted by Gasteiger charge is 2.14. The standard InChI is InChI=1S/C15H21NO3S/c1-15(2,3)20-9-14(17)16-7-6-11-4-5-12-13(8-11)19-10-18-12/h4-5,8H,6-7,9-10H2,1-3H3,(H,16,17).